The van der Waals surface area contributed by atoms with E-state index >= 15 is 0 Å². The Morgan fingerprint density at radius 1 is 1.07 bits per heavy atom. The van der Waals surface area contributed by atoms with E-state index in [1.165, 1.54) is 24.8 Å². The molecule has 0 amide bonds. The molecule has 0 spiro atoms. The van der Waals surface area contributed by atoms with E-state index in [9.17, 15) is 18.3 Å². The standard InChI is InChI=1S/C22H27NO5S/c1-28-19-9-11-20(12-10-19)29(26,27)22(21(24)25)13-16-23(17-14-22)15-5-8-18-6-3-2-4-7-18/h2-4,6-7,9-12H,5,8,13-17H2,1H3,(H,24,25). The van der Waals surface area contributed by atoms with E-state index in [0.29, 0.717) is 18.8 Å². The third-order valence-corrected chi connectivity index (χ3v) is 8.22. The van der Waals surface area contributed by atoms with E-state index in [2.05, 4.69) is 17.0 Å². The minimum absolute atomic E-state index is 0.0261. The molecule has 0 aliphatic carbocycles. The molecule has 0 bridgehead atoms. The van der Waals surface area contributed by atoms with Crippen LogP contribution in [0.2, 0.25) is 0 Å². The van der Waals surface area contributed by atoms with Gasteiger partial charge in [0.2, 0.25) is 0 Å². The fourth-order valence-corrected chi connectivity index (χ4v) is 5.76. The van der Waals surface area contributed by atoms with Crippen LogP contribution in [0.3, 0.4) is 0 Å². The molecule has 0 radical (unpaired) electrons. The van der Waals surface area contributed by atoms with Crippen LogP contribution in [0, 0.1) is 0 Å². The molecule has 7 heteroatoms. The normalized spacial score (nSPS) is 17.0. The van der Waals surface area contributed by atoms with E-state index in [4.69, 9.17) is 4.74 Å². The van der Waals surface area contributed by atoms with Crippen LogP contribution in [0.5, 0.6) is 5.75 Å². The van der Waals surface area contributed by atoms with E-state index in [1.54, 1.807) is 12.1 Å². The lowest BCUT2D eigenvalue weighted by molar-refractivity contribution is -0.141. The number of likely N-dealkylation sites (tertiary alicyclic amines) is 1. The molecular weight excluding hydrogens is 390 g/mol. The van der Waals surface area contributed by atoms with Crippen molar-refractivity contribution >= 4 is 15.8 Å². The van der Waals surface area contributed by atoms with Gasteiger partial charge in [-0.05, 0) is 62.1 Å². The molecule has 0 unspecified atom stereocenters. The minimum atomic E-state index is -4.02. The Morgan fingerprint density at radius 3 is 2.24 bits per heavy atom. The van der Waals surface area contributed by atoms with Crippen molar-refractivity contribution in [2.75, 3.05) is 26.7 Å². The average Bonchev–Trinajstić information content (AvgIpc) is 2.74. The number of hydrogen-bond donors (Lipinski definition) is 1. The van der Waals surface area contributed by atoms with Crippen LogP contribution in [0.25, 0.3) is 0 Å². The number of carboxylic acid groups (broad SMARTS) is 1. The lowest BCUT2D eigenvalue weighted by atomic mass is 9.95. The van der Waals surface area contributed by atoms with Crippen molar-refractivity contribution in [1.29, 1.82) is 0 Å². The maximum Gasteiger partial charge on any atom is 0.325 e. The Hall–Kier alpha value is -2.38. The van der Waals surface area contributed by atoms with E-state index in [1.807, 2.05) is 18.2 Å². The highest BCUT2D eigenvalue weighted by Crippen LogP contribution is 2.36. The molecule has 3 rings (SSSR count). The van der Waals surface area contributed by atoms with Crippen molar-refractivity contribution in [1.82, 2.24) is 4.90 Å². The van der Waals surface area contributed by atoms with Crippen LogP contribution >= 0.6 is 0 Å². The zero-order valence-electron chi connectivity index (χ0n) is 16.6. The number of benzene rings is 2. The molecule has 1 fully saturated rings. The van der Waals surface area contributed by atoms with Gasteiger partial charge in [-0.15, -0.1) is 0 Å². The molecule has 2 aromatic rings. The zero-order chi connectivity index (χ0) is 20.9. The van der Waals surface area contributed by atoms with Crippen molar-refractivity contribution in [2.24, 2.45) is 0 Å². The predicted molar refractivity (Wildman–Crippen MR) is 111 cm³/mol. The number of nitrogens with zero attached hydrogens (tertiary/aromatic N) is 1. The van der Waals surface area contributed by atoms with Crippen LogP contribution in [0.15, 0.2) is 59.5 Å². The summed E-state index contributed by atoms with van der Waals surface area (Å²) in [6.45, 7) is 1.74. The number of hydrogen-bond acceptors (Lipinski definition) is 5. The monoisotopic (exact) mass is 417 g/mol. The number of methoxy groups -OCH3 is 1. The molecule has 1 heterocycles. The van der Waals surface area contributed by atoms with Gasteiger partial charge in [-0.1, -0.05) is 30.3 Å². The first-order valence-electron chi connectivity index (χ1n) is 9.77. The van der Waals surface area contributed by atoms with Gasteiger partial charge < -0.3 is 14.7 Å². The maximum atomic E-state index is 13.2. The topological polar surface area (TPSA) is 83.9 Å². The van der Waals surface area contributed by atoms with Crippen LogP contribution < -0.4 is 4.74 Å². The summed E-state index contributed by atoms with van der Waals surface area (Å²) in [4.78, 5) is 14.3. The summed E-state index contributed by atoms with van der Waals surface area (Å²) in [5.74, 6) is -0.737. The molecule has 6 nitrogen and oxygen atoms in total. The lowest BCUT2D eigenvalue weighted by Crippen LogP contribution is -2.54. The van der Waals surface area contributed by atoms with Gasteiger partial charge in [-0.2, -0.15) is 0 Å². The summed E-state index contributed by atoms with van der Waals surface area (Å²) in [6.07, 6.45) is 2.07. The Labute approximate surface area is 172 Å². The van der Waals surface area contributed by atoms with E-state index in [-0.39, 0.29) is 17.7 Å². The van der Waals surface area contributed by atoms with E-state index < -0.39 is 20.6 Å². The quantitative estimate of drug-likeness (QED) is 0.711. The molecule has 1 aliphatic rings. The van der Waals surface area contributed by atoms with Crippen molar-refractivity contribution in [2.45, 2.75) is 35.3 Å². The Kier molecular flexibility index (Phi) is 6.59. The molecule has 0 atom stereocenters. The van der Waals surface area contributed by atoms with Gasteiger partial charge in [-0.25, -0.2) is 8.42 Å². The number of aliphatic carboxylic acids is 1. The number of carboxylic acids is 1. The van der Waals surface area contributed by atoms with E-state index in [0.717, 1.165) is 19.4 Å². The highest BCUT2D eigenvalue weighted by Gasteiger charge is 2.53. The smallest absolute Gasteiger partial charge is 0.325 e. The summed E-state index contributed by atoms with van der Waals surface area (Å²) in [7, 11) is -2.52. The summed E-state index contributed by atoms with van der Waals surface area (Å²) in [5.41, 5.74) is 1.27. The molecular formula is C22H27NO5S. The summed E-state index contributed by atoms with van der Waals surface area (Å²) < 4.78 is 29.7. The van der Waals surface area contributed by atoms with Gasteiger partial charge in [0, 0.05) is 13.1 Å². The van der Waals surface area contributed by atoms with Gasteiger partial charge in [0.25, 0.3) is 0 Å². The van der Waals surface area contributed by atoms with Crippen LogP contribution in [0.1, 0.15) is 24.8 Å². The van der Waals surface area contributed by atoms with Crippen LogP contribution in [0.4, 0.5) is 0 Å². The number of ether oxygens (including phenoxy) is 1. The van der Waals surface area contributed by atoms with Crippen molar-refractivity contribution in [3.05, 3.63) is 60.2 Å². The maximum absolute atomic E-state index is 13.2. The molecule has 1 aliphatic heterocycles. The largest absolute Gasteiger partial charge is 0.497 e. The summed E-state index contributed by atoms with van der Waals surface area (Å²) in [5, 5.41) is 9.88. The first kappa shape index (κ1) is 21.3. The molecule has 1 N–H and O–H groups in total. The summed E-state index contributed by atoms with van der Waals surface area (Å²) in [6, 6.07) is 16.1. The number of rotatable bonds is 8. The van der Waals surface area contributed by atoms with Crippen molar-refractivity contribution in [3.8, 4) is 5.75 Å². The van der Waals surface area contributed by atoms with Gasteiger partial charge in [-0.3, -0.25) is 4.79 Å². The van der Waals surface area contributed by atoms with Crippen molar-refractivity contribution < 1.29 is 23.1 Å². The third kappa shape index (κ3) is 4.46. The fourth-order valence-electron chi connectivity index (χ4n) is 3.87. The number of sulfone groups is 1. The summed E-state index contributed by atoms with van der Waals surface area (Å²) >= 11 is 0. The SMILES string of the molecule is COc1ccc(S(=O)(=O)C2(C(=O)O)CCN(CCCc3ccccc3)CC2)cc1. The Balaban J connectivity index is 1.66. The molecule has 0 saturated carbocycles. The highest BCUT2D eigenvalue weighted by atomic mass is 32.2. The number of aryl methyl sites for hydroxylation is 1. The van der Waals surface area contributed by atoms with Gasteiger partial charge in [0.1, 0.15) is 5.75 Å². The number of piperidine rings is 1. The van der Waals surface area contributed by atoms with Crippen molar-refractivity contribution in [3.63, 3.8) is 0 Å². The second-order valence-corrected chi connectivity index (χ2v) is 9.67. The fraction of sp³-hybridized carbons (Fsp3) is 0.409. The minimum Gasteiger partial charge on any atom is -0.497 e. The van der Waals surface area contributed by atoms with Gasteiger partial charge in [0.15, 0.2) is 14.6 Å². The zero-order valence-corrected chi connectivity index (χ0v) is 17.4. The van der Waals surface area contributed by atoms with Gasteiger partial charge >= 0.3 is 5.97 Å². The number of carbonyl (C=O) groups is 1. The molecule has 0 aromatic heterocycles. The third-order valence-electron chi connectivity index (χ3n) is 5.72. The molecule has 2 aromatic carbocycles. The second kappa shape index (κ2) is 8.97. The first-order chi connectivity index (χ1) is 13.9. The second-order valence-electron chi connectivity index (χ2n) is 7.41. The molecule has 156 valence electrons. The van der Waals surface area contributed by atoms with Crippen LogP contribution in [-0.4, -0.2) is 55.9 Å². The highest BCUT2D eigenvalue weighted by molar-refractivity contribution is 7.93. The molecule has 1 saturated heterocycles. The lowest BCUT2D eigenvalue weighted by Gasteiger charge is -2.38. The Bertz CT molecular complexity index is 917. The Morgan fingerprint density at radius 2 is 1.69 bits per heavy atom. The molecule has 29 heavy (non-hydrogen) atoms. The first-order valence-corrected chi connectivity index (χ1v) is 11.3. The predicted octanol–water partition coefficient (Wildman–Crippen LogP) is 3.02. The van der Waals surface area contributed by atoms with Crippen LogP contribution in [-0.2, 0) is 21.1 Å². The average molecular weight is 418 g/mol. The van der Waals surface area contributed by atoms with Gasteiger partial charge in [0.05, 0.1) is 12.0 Å².